The Balaban J connectivity index is 1.55. The molecule has 0 spiro atoms. The van der Waals surface area contributed by atoms with Gasteiger partial charge in [-0.2, -0.15) is 0 Å². The van der Waals surface area contributed by atoms with Gasteiger partial charge in [-0.3, -0.25) is 9.59 Å². The van der Waals surface area contributed by atoms with E-state index in [0.29, 0.717) is 25.1 Å². The average molecular weight is 486 g/mol. The minimum absolute atomic E-state index is 0.0496. The Bertz CT molecular complexity index is 857. The summed E-state index contributed by atoms with van der Waals surface area (Å²) in [6, 6.07) is 5.98. The maximum absolute atomic E-state index is 13.0. The number of carbonyl (C=O) groups excluding carboxylic acids is 3. The molecule has 1 aromatic rings. The number of benzene rings is 1. The summed E-state index contributed by atoms with van der Waals surface area (Å²) >= 11 is 0. The van der Waals surface area contributed by atoms with Crippen LogP contribution in [0.3, 0.4) is 0 Å². The molecule has 0 bridgehead atoms. The maximum atomic E-state index is 13.0. The normalized spacial score (nSPS) is 23.3. The van der Waals surface area contributed by atoms with Crippen LogP contribution in [0.25, 0.3) is 0 Å². The minimum Gasteiger partial charge on any atom is -0.352 e. The van der Waals surface area contributed by atoms with E-state index in [2.05, 4.69) is 28.1 Å². The molecule has 2 aliphatic rings. The molecule has 0 aliphatic heterocycles. The molecular weight excluding hydrogens is 442 g/mol. The lowest BCUT2D eigenvalue weighted by atomic mass is 9.86. The number of carbonyl (C=O) groups is 3. The Labute approximate surface area is 209 Å². The number of hydrogen-bond donors (Lipinski definition) is 5. The highest BCUT2D eigenvalue weighted by molar-refractivity contribution is 5.97. The summed E-state index contributed by atoms with van der Waals surface area (Å²) in [6.07, 6.45) is 10.2. The Morgan fingerprint density at radius 1 is 1.00 bits per heavy atom. The van der Waals surface area contributed by atoms with Gasteiger partial charge in [0.05, 0.1) is 6.04 Å². The molecule has 5 atom stereocenters. The molecule has 1 aromatic carbocycles. The number of amides is 4. The molecule has 4 amide bonds. The van der Waals surface area contributed by atoms with Crippen LogP contribution in [0, 0.1) is 23.7 Å². The molecule has 0 radical (unpaired) electrons. The number of hydrogen-bond acceptors (Lipinski definition) is 4. The summed E-state index contributed by atoms with van der Waals surface area (Å²) in [7, 11) is 0. The van der Waals surface area contributed by atoms with E-state index in [0.717, 1.165) is 24.2 Å². The molecule has 3 rings (SSSR count). The number of nitrogens with two attached hydrogens (primary N) is 2. The third-order valence-corrected chi connectivity index (χ3v) is 7.51. The topological polar surface area (TPSA) is 139 Å². The van der Waals surface area contributed by atoms with E-state index >= 15 is 0 Å². The van der Waals surface area contributed by atoms with Gasteiger partial charge in [0.2, 0.25) is 11.8 Å². The molecular formula is C27H43N5O3. The van der Waals surface area contributed by atoms with E-state index in [1.54, 1.807) is 0 Å². The van der Waals surface area contributed by atoms with Crippen molar-refractivity contribution in [3.05, 3.63) is 29.8 Å². The van der Waals surface area contributed by atoms with Crippen molar-refractivity contribution in [2.45, 2.75) is 83.7 Å². The van der Waals surface area contributed by atoms with Gasteiger partial charge in [0.25, 0.3) is 0 Å². The fourth-order valence-corrected chi connectivity index (χ4v) is 5.17. The predicted molar refractivity (Wildman–Crippen MR) is 139 cm³/mol. The fraction of sp³-hybridized carbons (Fsp3) is 0.667. The van der Waals surface area contributed by atoms with Crippen molar-refractivity contribution < 1.29 is 14.4 Å². The fourth-order valence-electron chi connectivity index (χ4n) is 5.17. The van der Waals surface area contributed by atoms with Crippen LogP contribution in [-0.2, 0) is 16.0 Å². The largest absolute Gasteiger partial charge is 0.352 e. The lowest BCUT2D eigenvalue weighted by Gasteiger charge is -2.22. The van der Waals surface area contributed by atoms with Gasteiger partial charge >= 0.3 is 6.03 Å². The first-order valence-electron chi connectivity index (χ1n) is 13.2. The van der Waals surface area contributed by atoms with Crippen LogP contribution in [0.1, 0.15) is 70.8 Å². The molecule has 2 fully saturated rings. The number of nitrogens with one attached hydrogen (secondary N) is 3. The lowest BCUT2D eigenvalue weighted by Crippen LogP contribution is -2.51. The molecule has 35 heavy (non-hydrogen) atoms. The number of primary amides is 1. The van der Waals surface area contributed by atoms with Crippen molar-refractivity contribution in [1.82, 2.24) is 10.6 Å². The number of rotatable bonds is 11. The number of fused-ring (bicyclic) bond motifs is 1. The van der Waals surface area contributed by atoms with Gasteiger partial charge < -0.3 is 27.4 Å². The maximum Gasteiger partial charge on any atom is 0.312 e. The highest BCUT2D eigenvalue weighted by Gasteiger charge is 2.38. The minimum atomic E-state index is -0.761. The van der Waals surface area contributed by atoms with Crippen molar-refractivity contribution in [1.29, 1.82) is 0 Å². The smallest absolute Gasteiger partial charge is 0.312 e. The average Bonchev–Trinajstić information content (AvgIpc) is 3.53. The molecule has 2 unspecified atom stereocenters. The molecule has 0 saturated heterocycles. The van der Waals surface area contributed by atoms with Gasteiger partial charge in [-0.1, -0.05) is 51.7 Å². The third kappa shape index (κ3) is 8.84. The van der Waals surface area contributed by atoms with Gasteiger partial charge in [0.15, 0.2) is 0 Å². The second kappa shape index (κ2) is 12.9. The van der Waals surface area contributed by atoms with Crippen molar-refractivity contribution in [2.24, 2.45) is 35.1 Å². The molecule has 7 N–H and O–H groups in total. The molecule has 194 valence electrons. The molecule has 2 saturated carbocycles. The van der Waals surface area contributed by atoms with Gasteiger partial charge in [-0.05, 0) is 73.5 Å². The quantitative estimate of drug-likeness (QED) is 0.307. The second-order valence-electron chi connectivity index (χ2n) is 10.8. The summed E-state index contributed by atoms with van der Waals surface area (Å²) in [5.74, 6) is 1.98. The van der Waals surface area contributed by atoms with Crippen molar-refractivity contribution in [3.63, 3.8) is 0 Å². The van der Waals surface area contributed by atoms with Crippen LogP contribution in [-0.4, -0.2) is 36.5 Å². The Hall–Kier alpha value is -2.61. The zero-order valence-corrected chi connectivity index (χ0v) is 21.2. The van der Waals surface area contributed by atoms with Gasteiger partial charge in [-0.15, -0.1) is 0 Å². The highest BCUT2D eigenvalue weighted by atomic mass is 16.2. The summed E-state index contributed by atoms with van der Waals surface area (Å²) in [4.78, 5) is 36.4. The summed E-state index contributed by atoms with van der Waals surface area (Å²) < 4.78 is 0. The number of urea groups is 1. The lowest BCUT2D eigenvalue weighted by molar-refractivity contribution is -0.128. The third-order valence-electron chi connectivity index (χ3n) is 7.51. The molecule has 8 heteroatoms. The molecule has 0 aromatic heterocycles. The predicted octanol–water partition coefficient (Wildman–Crippen LogP) is 3.30. The van der Waals surface area contributed by atoms with Crippen LogP contribution >= 0.6 is 0 Å². The zero-order chi connectivity index (χ0) is 25.4. The van der Waals surface area contributed by atoms with Crippen molar-refractivity contribution in [3.8, 4) is 0 Å². The van der Waals surface area contributed by atoms with E-state index in [9.17, 15) is 14.4 Å². The molecule has 2 aliphatic carbocycles. The second-order valence-corrected chi connectivity index (χ2v) is 10.8. The summed E-state index contributed by atoms with van der Waals surface area (Å²) in [5, 5.41) is 8.20. The monoisotopic (exact) mass is 485 g/mol. The van der Waals surface area contributed by atoms with Crippen LogP contribution in [0.15, 0.2) is 24.3 Å². The Morgan fingerprint density at radius 3 is 2.40 bits per heavy atom. The first-order chi connectivity index (χ1) is 16.7. The van der Waals surface area contributed by atoms with Gasteiger partial charge in [-0.25, -0.2) is 4.79 Å². The van der Waals surface area contributed by atoms with Crippen LogP contribution in [0.5, 0.6) is 0 Å². The van der Waals surface area contributed by atoms with Crippen molar-refractivity contribution >= 4 is 23.5 Å². The van der Waals surface area contributed by atoms with Crippen molar-refractivity contribution in [2.75, 3.05) is 11.9 Å². The Kier molecular flexibility index (Phi) is 9.95. The summed E-state index contributed by atoms with van der Waals surface area (Å²) in [5.41, 5.74) is 13.1. The first-order valence-corrected chi connectivity index (χ1v) is 13.2. The molecule has 8 nitrogen and oxygen atoms in total. The van der Waals surface area contributed by atoms with E-state index in [1.165, 1.54) is 44.1 Å². The first kappa shape index (κ1) is 27.0. The highest BCUT2D eigenvalue weighted by Crippen LogP contribution is 2.49. The van der Waals surface area contributed by atoms with Gasteiger partial charge in [0.1, 0.15) is 6.04 Å². The number of anilines is 1. The standard InChI is InChI=1S/C27H43N5O3/c1-17(2)24(28)26(34)32-23(8-5-13-30-27(29)35)25(33)31-22-11-9-18(10-12-22)14-19-6-3-4-7-20-16-21(20)15-19/h9-12,17,19-21,23-24H,3-8,13-16,28H2,1-2H3,(H,31,33)(H,32,34)(H3,29,30,35)/t19-,20?,21?,23+,24+/m1/s1. The van der Waals surface area contributed by atoms with E-state index in [1.807, 2.05) is 26.0 Å². The van der Waals surface area contributed by atoms with Crippen LogP contribution in [0.2, 0.25) is 0 Å². The van der Waals surface area contributed by atoms with E-state index in [4.69, 9.17) is 11.5 Å². The summed E-state index contributed by atoms with van der Waals surface area (Å²) in [6.45, 7) is 4.04. The van der Waals surface area contributed by atoms with E-state index in [-0.39, 0.29) is 17.7 Å². The molecule has 0 heterocycles. The van der Waals surface area contributed by atoms with Crippen LogP contribution < -0.4 is 27.4 Å². The SMILES string of the molecule is CC(C)[C@H](N)C(=O)N[C@@H](CCCNC(N)=O)C(=O)Nc1ccc(C[C@H]2CCCCC3CC3C2)cc1. The zero-order valence-electron chi connectivity index (χ0n) is 21.2. The van der Waals surface area contributed by atoms with Crippen LogP contribution in [0.4, 0.5) is 10.5 Å². The van der Waals surface area contributed by atoms with Gasteiger partial charge in [0, 0.05) is 12.2 Å². The van der Waals surface area contributed by atoms with E-state index < -0.39 is 18.1 Å². The Morgan fingerprint density at radius 2 is 1.71 bits per heavy atom.